The molecule has 2 heterocycles. The number of nitrogens with one attached hydrogen (secondary N) is 1. The van der Waals surface area contributed by atoms with Crippen LogP contribution in [0.15, 0.2) is 60.9 Å². The van der Waals surface area contributed by atoms with Crippen molar-refractivity contribution in [2.75, 3.05) is 26.4 Å². The number of para-hydroxylation sites is 1. The number of likely N-dealkylation sites (N-methyl/N-ethyl adjacent to an activating group) is 1. The number of carbonyl (C=O) groups is 2. The molecule has 0 saturated carbocycles. The third kappa shape index (κ3) is 3.85. The predicted molar refractivity (Wildman–Crippen MR) is 123 cm³/mol. The van der Waals surface area contributed by atoms with Crippen molar-refractivity contribution in [1.29, 1.82) is 0 Å². The number of carbonyl (C=O) groups excluding carboxylic acids is 1. The van der Waals surface area contributed by atoms with Crippen LogP contribution in [0.4, 0.5) is 5.69 Å². The smallest absolute Gasteiger partial charge is 0.323 e. The number of nitrogens with two attached hydrogens (primary N) is 1. The third-order valence-corrected chi connectivity index (χ3v) is 5.26. The Labute approximate surface area is 184 Å². The number of ether oxygens (including phenoxy) is 1. The summed E-state index contributed by atoms with van der Waals surface area (Å²) >= 11 is 0. The Kier molecular flexibility index (Phi) is 5.51. The minimum atomic E-state index is -1.10. The van der Waals surface area contributed by atoms with Crippen LogP contribution in [0.3, 0.4) is 0 Å². The van der Waals surface area contributed by atoms with E-state index in [0.717, 1.165) is 43.9 Å². The Balaban J connectivity index is 1.78. The van der Waals surface area contributed by atoms with Crippen LogP contribution < -0.4 is 10.5 Å². The number of aromatic nitrogens is 2. The van der Waals surface area contributed by atoms with Gasteiger partial charge in [0.25, 0.3) is 5.91 Å². The number of aliphatic carboxylic acids is 1. The summed E-state index contributed by atoms with van der Waals surface area (Å²) in [5, 5.41) is 9.88. The zero-order valence-corrected chi connectivity index (χ0v) is 17.6. The molecule has 0 bridgehead atoms. The highest BCUT2D eigenvalue weighted by Gasteiger charge is 2.18. The number of pyridine rings is 1. The molecule has 4 aromatic rings. The molecule has 0 aliphatic rings. The molecule has 0 fully saturated rings. The highest BCUT2D eigenvalue weighted by Crippen LogP contribution is 2.36. The van der Waals surface area contributed by atoms with E-state index in [0.29, 0.717) is 0 Å². The van der Waals surface area contributed by atoms with E-state index in [1.807, 2.05) is 42.6 Å². The Morgan fingerprint density at radius 2 is 1.91 bits per heavy atom. The molecular formula is C24H22N4O4. The number of benzene rings is 2. The van der Waals surface area contributed by atoms with Crippen molar-refractivity contribution in [3.63, 3.8) is 0 Å². The number of nitrogens with zero attached hydrogens (tertiary/aromatic N) is 2. The maximum atomic E-state index is 12.7. The fourth-order valence-corrected chi connectivity index (χ4v) is 3.65. The lowest BCUT2D eigenvalue weighted by atomic mass is 9.99. The number of carboxylic acid groups (broad SMARTS) is 1. The topological polar surface area (TPSA) is 122 Å². The van der Waals surface area contributed by atoms with Crippen molar-refractivity contribution in [3.8, 4) is 28.0 Å². The van der Waals surface area contributed by atoms with Gasteiger partial charge in [0.05, 0.1) is 12.7 Å². The van der Waals surface area contributed by atoms with Gasteiger partial charge in [-0.3, -0.25) is 9.59 Å². The maximum Gasteiger partial charge on any atom is 0.323 e. The molecule has 2 aromatic heterocycles. The van der Waals surface area contributed by atoms with E-state index in [1.54, 1.807) is 25.4 Å². The first kappa shape index (κ1) is 20.9. The Morgan fingerprint density at radius 3 is 2.66 bits per heavy atom. The molecule has 0 atom stereocenters. The van der Waals surface area contributed by atoms with Gasteiger partial charge in [0.15, 0.2) is 0 Å². The number of H-pyrrole nitrogens is 1. The highest BCUT2D eigenvalue weighted by molar-refractivity contribution is 6.02. The minimum absolute atomic E-state index is 0.241. The van der Waals surface area contributed by atoms with E-state index in [-0.39, 0.29) is 11.3 Å². The molecule has 4 N–H and O–H groups in total. The molecule has 0 saturated heterocycles. The number of anilines is 1. The first-order valence-electron chi connectivity index (χ1n) is 9.86. The summed E-state index contributed by atoms with van der Waals surface area (Å²) in [5.41, 5.74) is 10.7. The Morgan fingerprint density at radius 1 is 1.12 bits per heavy atom. The van der Waals surface area contributed by atoms with Crippen molar-refractivity contribution < 1.29 is 19.4 Å². The number of rotatable bonds is 6. The van der Waals surface area contributed by atoms with E-state index in [2.05, 4.69) is 9.97 Å². The van der Waals surface area contributed by atoms with E-state index in [4.69, 9.17) is 15.6 Å². The molecule has 0 spiro atoms. The average Bonchev–Trinajstić information content (AvgIpc) is 3.21. The lowest BCUT2D eigenvalue weighted by molar-refractivity contribution is -0.137. The van der Waals surface area contributed by atoms with Crippen LogP contribution >= 0.6 is 0 Å². The molecule has 0 aliphatic carbocycles. The number of nitrogen functional groups attached to an aromatic ring is 1. The molecule has 162 valence electrons. The normalized spacial score (nSPS) is 10.8. The van der Waals surface area contributed by atoms with Crippen molar-refractivity contribution in [1.82, 2.24) is 14.9 Å². The molecule has 0 radical (unpaired) electrons. The number of methoxy groups -OCH3 is 1. The van der Waals surface area contributed by atoms with Crippen LogP contribution in [-0.2, 0) is 4.79 Å². The zero-order chi connectivity index (χ0) is 22.8. The van der Waals surface area contributed by atoms with Gasteiger partial charge in [0.1, 0.15) is 17.9 Å². The molecule has 4 rings (SSSR count). The maximum absolute atomic E-state index is 12.7. The molecule has 0 unspecified atom stereocenters. The number of carboxylic acids is 1. The van der Waals surface area contributed by atoms with Gasteiger partial charge in [0.2, 0.25) is 0 Å². The van der Waals surface area contributed by atoms with E-state index in [9.17, 15) is 9.59 Å². The molecule has 32 heavy (non-hydrogen) atoms. The van der Waals surface area contributed by atoms with Crippen LogP contribution in [0.5, 0.6) is 5.75 Å². The SMILES string of the molecule is COc1ccccc1-c1c[nH]c2ncc(-c3ccc(N)c(C(=O)N(C)CC(=O)O)c3)cc12. The van der Waals surface area contributed by atoms with Crippen molar-refractivity contribution >= 4 is 28.6 Å². The molecule has 8 nitrogen and oxygen atoms in total. The average molecular weight is 430 g/mol. The summed E-state index contributed by atoms with van der Waals surface area (Å²) in [6.45, 7) is -0.415. The van der Waals surface area contributed by atoms with Gasteiger partial charge in [-0.1, -0.05) is 24.3 Å². The summed E-state index contributed by atoms with van der Waals surface area (Å²) in [4.78, 5) is 32.5. The number of aromatic amines is 1. The first-order chi connectivity index (χ1) is 15.4. The van der Waals surface area contributed by atoms with Crippen molar-refractivity contribution in [2.24, 2.45) is 0 Å². The van der Waals surface area contributed by atoms with Gasteiger partial charge in [-0.05, 0) is 29.8 Å². The minimum Gasteiger partial charge on any atom is -0.496 e. The van der Waals surface area contributed by atoms with Crippen LogP contribution in [0.25, 0.3) is 33.3 Å². The second-order valence-electron chi connectivity index (χ2n) is 7.38. The predicted octanol–water partition coefficient (Wildman–Crippen LogP) is 3.64. The van der Waals surface area contributed by atoms with Gasteiger partial charge in [-0.25, -0.2) is 4.98 Å². The molecule has 2 aromatic carbocycles. The van der Waals surface area contributed by atoms with Gasteiger partial charge >= 0.3 is 5.97 Å². The molecule has 0 aliphatic heterocycles. The Hall–Kier alpha value is -4.33. The lowest BCUT2D eigenvalue weighted by Gasteiger charge is -2.16. The zero-order valence-electron chi connectivity index (χ0n) is 17.6. The second-order valence-corrected chi connectivity index (χ2v) is 7.38. The van der Waals surface area contributed by atoms with Crippen LogP contribution in [0.2, 0.25) is 0 Å². The summed E-state index contributed by atoms with van der Waals surface area (Å²) in [6.07, 6.45) is 3.60. The van der Waals surface area contributed by atoms with Gasteiger partial charge in [0, 0.05) is 47.2 Å². The fourth-order valence-electron chi connectivity index (χ4n) is 3.65. The monoisotopic (exact) mass is 430 g/mol. The fraction of sp³-hybridized carbons (Fsp3) is 0.125. The summed E-state index contributed by atoms with van der Waals surface area (Å²) in [7, 11) is 3.06. The summed E-state index contributed by atoms with van der Waals surface area (Å²) < 4.78 is 5.51. The van der Waals surface area contributed by atoms with Crippen LogP contribution in [0, 0.1) is 0 Å². The number of fused-ring (bicyclic) bond motifs is 1. The van der Waals surface area contributed by atoms with Gasteiger partial charge < -0.3 is 25.5 Å². The van der Waals surface area contributed by atoms with Crippen LogP contribution in [0.1, 0.15) is 10.4 Å². The molecular weight excluding hydrogens is 408 g/mol. The van der Waals surface area contributed by atoms with Crippen LogP contribution in [-0.4, -0.2) is 52.6 Å². The van der Waals surface area contributed by atoms with E-state index in [1.165, 1.54) is 7.05 Å². The van der Waals surface area contributed by atoms with Crippen molar-refractivity contribution in [3.05, 3.63) is 66.5 Å². The lowest BCUT2D eigenvalue weighted by Crippen LogP contribution is -2.32. The van der Waals surface area contributed by atoms with Gasteiger partial charge in [-0.15, -0.1) is 0 Å². The highest BCUT2D eigenvalue weighted by atomic mass is 16.5. The molecule has 8 heteroatoms. The standard InChI is InChI=1S/C24H22N4O4/c1-28(13-22(29)30)24(31)18-9-14(7-8-20(18)25)15-10-17-19(12-27-23(17)26-11-15)16-5-3-4-6-21(16)32-2/h3-12H,13,25H2,1-2H3,(H,26,27)(H,29,30). The number of amides is 1. The quantitative estimate of drug-likeness (QED) is 0.402. The first-order valence-corrected chi connectivity index (χ1v) is 9.86. The van der Waals surface area contributed by atoms with E-state index < -0.39 is 18.4 Å². The second kappa shape index (κ2) is 8.43. The van der Waals surface area contributed by atoms with Gasteiger partial charge in [-0.2, -0.15) is 0 Å². The summed E-state index contributed by atoms with van der Waals surface area (Å²) in [5.74, 6) is -0.806. The number of hydrogen-bond donors (Lipinski definition) is 3. The third-order valence-electron chi connectivity index (χ3n) is 5.26. The summed E-state index contributed by atoms with van der Waals surface area (Å²) in [6, 6.07) is 14.8. The van der Waals surface area contributed by atoms with E-state index >= 15 is 0 Å². The largest absolute Gasteiger partial charge is 0.496 e. The molecule has 1 amide bonds. The Bertz CT molecular complexity index is 1330. The number of hydrogen-bond acceptors (Lipinski definition) is 5. The van der Waals surface area contributed by atoms with Crippen molar-refractivity contribution in [2.45, 2.75) is 0 Å².